The van der Waals surface area contributed by atoms with Crippen LogP contribution in [0.3, 0.4) is 0 Å². The summed E-state index contributed by atoms with van der Waals surface area (Å²) >= 11 is 0. The molecule has 0 spiro atoms. The molecule has 2 rings (SSSR count). The molecule has 20 heavy (non-hydrogen) atoms. The van der Waals surface area contributed by atoms with Crippen molar-refractivity contribution in [3.63, 3.8) is 0 Å². The van der Waals surface area contributed by atoms with Crippen molar-refractivity contribution in [1.82, 2.24) is 9.55 Å². The van der Waals surface area contributed by atoms with Crippen molar-refractivity contribution in [2.24, 2.45) is 5.73 Å². The lowest BCUT2D eigenvalue weighted by atomic mass is 10.2. The first-order chi connectivity index (χ1) is 9.55. The molecular formula is C12H18N4O4. The second-order valence-corrected chi connectivity index (χ2v) is 4.52. The summed E-state index contributed by atoms with van der Waals surface area (Å²) in [7, 11) is 0. The van der Waals surface area contributed by atoms with Crippen molar-refractivity contribution in [3.05, 3.63) is 35.4 Å². The summed E-state index contributed by atoms with van der Waals surface area (Å²) in [5, 5.41) is 21.5. The number of aliphatic hydroxyl groups is 2. The molecule has 1 aromatic rings. The van der Waals surface area contributed by atoms with E-state index in [1.54, 1.807) is 6.07 Å². The Bertz CT molecular complexity index is 532. The number of ether oxygens (including phenoxy) is 1. The highest BCUT2D eigenvalue weighted by Gasteiger charge is 2.34. The number of aromatic nitrogens is 2. The topological polar surface area (TPSA) is 123 Å². The highest BCUT2D eigenvalue weighted by Crippen LogP contribution is 2.27. The van der Waals surface area contributed by atoms with Crippen LogP contribution in [-0.4, -0.2) is 44.7 Å². The molecule has 5 N–H and O–H groups in total. The molecule has 0 saturated carbocycles. The maximum absolute atomic E-state index is 11.9. The van der Waals surface area contributed by atoms with Crippen LogP contribution < -0.4 is 16.7 Å². The van der Waals surface area contributed by atoms with E-state index in [0.717, 1.165) is 0 Å². The fourth-order valence-electron chi connectivity index (χ4n) is 1.99. The van der Waals surface area contributed by atoms with Gasteiger partial charge in [0.05, 0.1) is 18.9 Å². The highest BCUT2D eigenvalue weighted by atomic mass is 16.5. The van der Waals surface area contributed by atoms with Gasteiger partial charge in [-0.25, -0.2) is 4.79 Å². The molecule has 8 heteroatoms. The quantitative estimate of drug-likeness (QED) is 0.394. The van der Waals surface area contributed by atoms with Crippen LogP contribution in [0, 0.1) is 0 Å². The van der Waals surface area contributed by atoms with Gasteiger partial charge in [0.25, 0.3) is 0 Å². The average molecular weight is 282 g/mol. The normalized spacial score (nSPS) is 27.2. The SMILES string of the molecule is C=CC(N)Nc1ccn([C@H]2C[C@H](O)[C@@H](CO)O2)c(=O)n1. The molecule has 0 amide bonds. The van der Waals surface area contributed by atoms with Gasteiger partial charge < -0.3 is 26.0 Å². The van der Waals surface area contributed by atoms with Crippen molar-refractivity contribution in [3.8, 4) is 0 Å². The molecule has 1 unspecified atom stereocenters. The largest absolute Gasteiger partial charge is 0.394 e. The van der Waals surface area contributed by atoms with Crippen LogP contribution in [-0.2, 0) is 4.74 Å². The van der Waals surface area contributed by atoms with Gasteiger partial charge in [0.15, 0.2) is 0 Å². The van der Waals surface area contributed by atoms with Crippen LogP contribution in [0.15, 0.2) is 29.7 Å². The zero-order chi connectivity index (χ0) is 14.7. The Kier molecular flexibility index (Phi) is 4.50. The number of nitrogens with two attached hydrogens (primary N) is 1. The first-order valence-electron chi connectivity index (χ1n) is 6.23. The van der Waals surface area contributed by atoms with Crippen molar-refractivity contribution in [2.45, 2.75) is 31.0 Å². The van der Waals surface area contributed by atoms with Crippen LogP contribution in [0.25, 0.3) is 0 Å². The summed E-state index contributed by atoms with van der Waals surface area (Å²) < 4.78 is 6.66. The Morgan fingerprint density at radius 2 is 2.50 bits per heavy atom. The molecule has 0 aliphatic carbocycles. The second-order valence-electron chi connectivity index (χ2n) is 4.52. The predicted molar refractivity (Wildman–Crippen MR) is 71.9 cm³/mol. The minimum Gasteiger partial charge on any atom is -0.394 e. The summed E-state index contributed by atoms with van der Waals surface area (Å²) in [6.07, 6.45) is 0.597. The van der Waals surface area contributed by atoms with E-state index in [9.17, 15) is 9.90 Å². The van der Waals surface area contributed by atoms with E-state index in [1.165, 1.54) is 16.8 Å². The Hall–Kier alpha value is -1.74. The van der Waals surface area contributed by atoms with E-state index in [4.69, 9.17) is 15.6 Å². The Balaban J connectivity index is 2.14. The first kappa shape index (κ1) is 14.7. The van der Waals surface area contributed by atoms with Crippen LogP contribution in [0.1, 0.15) is 12.6 Å². The summed E-state index contributed by atoms with van der Waals surface area (Å²) in [4.78, 5) is 15.7. The molecule has 0 aromatic carbocycles. The first-order valence-corrected chi connectivity index (χ1v) is 6.23. The Morgan fingerprint density at radius 1 is 1.75 bits per heavy atom. The smallest absolute Gasteiger partial charge is 0.351 e. The van der Waals surface area contributed by atoms with E-state index in [1.807, 2.05) is 0 Å². The third-order valence-electron chi connectivity index (χ3n) is 3.09. The van der Waals surface area contributed by atoms with Gasteiger partial charge in [-0.3, -0.25) is 4.57 Å². The number of nitrogens with one attached hydrogen (secondary N) is 1. The summed E-state index contributed by atoms with van der Waals surface area (Å²) in [6.45, 7) is 3.22. The van der Waals surface area contributed by atoms with Crippen molar-refractivity contribution in [1.29, 1.82) is 0 Å². The molecule has 1 aromatic heterocycles. The van der Waals surface area contributed by atoms with Crippen molar-refractivity contribution < 1.29 is 14.9 Å². The third kappa shape index (κ3) is 3.05. The molecule has 8 nitrogen and oxygen atoms in total. The minimum atomic E-state index is -0.802. The number of hydrogen-bond donors (Lipinski definition) is 4. The standard InChI is InChI=1S/C12H18N4O4/c1-2-9(13)14-10-3-4-16(12(19)15-10)11-5-7(18)8(6-17)20-11/h2-4,7-9,11,17-18H,1,5-6,13H2,(H,14,15,19)/t7-,8+,9?,11+/m0/s1. The zero-order valence-corrected chi connectivity index (χ0v) is 10.8. The number of hydrogen-bond acceptors (Lipinski definition) is 7. The van der Waals surface area contributed by atoms with Gasteiger partial charge in [0.1, 0.15) is 18.1 Å². The number of nitrogens with zero attached hydrogens (tertiary/aromatic N) is 2. The molecular weight excluding hydrogens is 264 g/mol. The van der Waals surface area contributed by atoms with E-state index < -0.39 is 30.3 Å². The molecule has 110 valence electrons. The molecule has 1 fully saturated rings. The van der Waals surface area contributed by atoms with Crippen molar-refractivity contribution >= 4 is 5.82 Å². The average Bonchev–Trinajstić information content (AvgIpc) is 2.79. The molecule has 4 atom stereocenters. The van der Waals surface area contributed by atoms with Crippen molar-refractivity contribution in [2.75, 3.05) is 11.9 Å². The number of anilines is 1. The maximum atomic E-state index is 11.9. The summed E-state index contributed by atoms with van der Waals surface area (Å²) in [5.41, 5.74) is 5.08. The molecule has 2 heterocycles. The lowest BCUT2D eigenvalue weighted by molar-refractivity contribution is -0.0458. The van der Waals surface area contributed by atoms with Gasteiger partial charge >= 0.3 is 5.69 Å². The van der Waals surface area contributed by atoms with Crippen LogP contribution in [0.2, 0.25) is 0 Å². The van der Waals surface area contributed by atoms with Crippen LogP contribution in [0.5, 0.6) is 0 Å². The van der Waals surface area contributed by atoms with Gasteiger partial charge in [-0.15, -0.1) is 0 Å². The van der Waals surface area contributed by atoms with Gasteiger partial charge in [-0.2, -0.15) is 4.98 Å². The van der Waals surface area contributed by atoms with Gasteiger partial charge in [-0.05, 0) is 6.07 Å². The molecule has 1 saturated heterocycles. The van der Waals surface area contributed by atoms with Gasteiger partial charge in [-0.1, -0.05) is 12.7 Å². The number of rotatable bonds is 5. The van der Waals surface area contributed by atoms with E-state index in [-0.39, 0.29) is 13.0 Å². The molecule has 1 aliphatic rings. The maximum Gasteiger partial charge on any atom is 0.351 e. The summed E-state index contributed by atoms with van der Waals surface area (Å²) in [5.74, 6) is 0.330. The molecule has 0 radical (unpaired) electrons. The van der Waals surface area contributed by atoms with Crippen LogP contribution >= 0.6 is 0 Å². The highest BCUT2D eigenvalue weighted by molar-refractivity contribution is 5.34. The summed E-state index contributed by atoms with van der Waals surface area (Å²) in [6, 6.07) is 1.58. The van der Waals surface area contributed by atoms with E-state index in [0.29, 0.717) is 5.82 Å². The number of aliphatic hydroxyl groups excluding tert-OH is 2. The minimum absolute atomic E-state index is 0.228. The Morgan fingerprint density at radius 3 is 3.05 bits per heavy atom. The lowest BCUT2D eigenvalue weighted by Gasteiger charge is -2.15. The monoisotopic (exact) mass is 282 g/mol. The molecule has 1 aliphatic heterocycles. The van der Waals surface area contributed by atoms with Gasteiger partial charge in [0, 0.05) is 12.6 Å². The Labute approximate surface area is 115 Å². The third-order valence-corrected chi connectivity index (χ3v) is 3.09. The predicted octanol–water partition coefficient (Wildman–Crippen LogP) is -1.23. The van der Waals surface area contributed by atoms with E-state index >= 15 is 0 Å². The molecule has 0 bridgehead atoms. The van der Waals surface area contributed by atoms with Gasteiger partial charge in [0.2, 0.25) is 0 Å². The fraction of sp³-hybridized carbons (Fsp3) is 0.500. The lowest BCUT2D eigenvalue weighted by Crippen LogP contribution is -2.31. The fourth-order valence-corrected chi connectivity index (χ4v) is 1.99. The van der Waals surface area contributed by atoms with E-state index in [2.05, 4.69) is 16.9 Å². The second kappa shape index (κ2) is 6.14. The zero-order valence-electron chi connectivity index (χ0n) is 10.8. The van der Waals surface area contributed by atoms with Crippen LogP contribution in [0.4, 0.5) is 5.82 Å².